The quantitative estimate of drug-likeness (QED) is 0.248. The van der Waals surface area contributed by atoms with Crippen LogP contribution in [0.3, 0.4) is 0 Å². The van der Waals surface area contributed by atoms with Crippen molar-refractivity contribution in [1.29, 1.82) is 0 Å². The number of benzene rings is 2. The molecule has 0 spiro atoms. The third kappa shape index (κ3) is 7.46. The molecule has 1 fully saturated rings. The van der Waals surface area contributed by atoms with Crippen LogP contribution in [0.2, 0.25) is 0 Å². The number of likely N-dealkylation sites (tertiary alicyclic amines) is 1. The van der Waals surface area contributed by atoms with E-state index >= 15 is 4.39 Å². The second-order valence-corrected chi connectivity index (χ2v) is 10.5. The Hall–Kier alpha value is -3.95. The number of aliphatic hydroxyl groups excluding tert-OH is 1. The zero-order chi connectivity index (χ0) is 30.6. The minimum Gasteiger partial charge on any atom is -0.495 e. The average Bonchev–Trinajstić information content (AvgIpc) is 3.25. The number of fused-ring (bicyclic) bond motifs is 1. The third-order valence-corrected chi connectivity index (χ3v) is 7.14. The standard InChI is InChI=1S/C30H34F4N4O4/c1-19(39)16-37-13-11-25(23(31)17-37)35-24-7-4-8-26-22(24)15-21(38(26)18-30(32,33)34)6-5-12-36(2)27-10-9-20(29(40)41)14-28(27)42-3/h4,7-10,14-15,19,23,25,35,39H,11-13,16-18H2,1-3H3,(H,40,41)/t19?,23-,25+/m0/s1. The zero-order valence-electron chi connectivity index (χ0n) is 23.6. The SMILES string of the molecule is COc1cc(C(=O)O)ccc1N(C)CC#Cc1cc2c(N[C@@H]3CCN(CC(C)O)C[C@@H]3F)cccc2n1CC(F)(F)F. The second kappa shape index (κ2) is 12.9. The van der Waals surface area contributed by atoms with Crippen molar-refractivity contribution in [3.8, 4) is 17.6 Å². The van der Waals surface area contributed by atoms with Gasteiger partial charge in [0.2, 0.25) is 0 Å². The summed E-state index contributed by atoms with van der Waals surface area (Å²) in [6.45, 7) is 1.64. The number of carboxylic acids is 1. The molecule has 226 valence electrons. The van der Waals surface area contributed by atoms with Gasteiger partial charge in [-0.05, 0) is 55.7 Å². The molecule has 1 aliphatic rings. The zero-order valence-corrected chi connectivity index (χ0v) is 23.6. The van der Waals surface area contributed by atoms with Crippen LogP contribution < -0.4 is 15.0 Å². The number of carbonyl (C=O) groups is 1. The summed E-state index contributed by atoms with van der Waals surface area (Å²) < 4.78 is 62.3. The molecule has 8 nitrogen and oxygen atoms in total. The number of aromatic nitrogens is 1. The van der Waals surface area contributed by atoms with Crippen LogP contribution in [0.15, 0.2) is 42.5 Å². The van der Waals surface area contributed by atoms with Crippen molar-refractivity contribution in [2.24, 2.45) is 0 Å². The molecule has 0 amide bonds. The van der Waals surface area contributed by atoms with Crippen molar-refractivity contribution in [3.63, 3.8) is 0 Å². The Morgan fingerprint density at radius 3 is 2.67 bits per heavy atom. The number of carboxylic acid groups (broad SMARTS) is 1. The number of alkyl halides is 4. The maximum atomic E-state index is 15.0. The van der Waals surface area contributed by atoms with Crippen LogP contribution in [-0.4, -0.2) is 90.5 Å². The van der Waals surface area contributed by atoms with E-state index in [9.17, 15) is 28.2 Å². The molecule has 0 radical (unpaired) electrons. The van der Waals surface area contributed by atoms with Crippen LogP contribution in [-0.2, 0) is 6.54 Å². The summed E-state index contributed by atoms with van der Waals surface area (Å²) in [5, 5.41) is 22.5. The number of β-amino-alcohol motifs (C(OH)–C–C–N with tert-alkyl or cyclic N) is 1. The molecule has 0 bridgehead atoms. The minimum absolute atomic E-state index is 0.0561. The third-order valence-electron chi connectivity index (χ3n) is 7.14. The van der Waals surface area contributed by atoms with Crippen LogP contribution in [0, 0.1) is 11.8 Å². The summed E-state index contributed by atoms with van der Waals surface area (Å²) in [6, 6.07) is 10.4. The largest absolute Gasteiger partial charge is 0.495 e. The molecule has 3 N–H and O–H groups in total. The number of anilines is 2. The van der Waals surface area contributed by atoms with Gasteiger partial charge < -0.3 is 29.7 Å². The fourth-order valence-electron chi connectivity index (χ4n) is 5.19. The van der Waals surface area contributed by atoms with Crippen molar-refractivity contribution in [1.82, 2.24) is 9.47 Å². The van der Waals surface area contributed by atoms with Gasteiger partial charge in [-0.25, -0.2) is 9.18 Å². The van der Waals surface area contributed by atoms with Crippen LogP contribution in [0.5, 0.6) is 5.75 Å². The number of aliphatic hydroxyl groups is 1. The van der Waals surface area contributed by atoms with Gasteiger partial charge in [0.15, 0.2) is 0 Å². The monoisotopic (exact) mass is 590 g/mol. The van der Waals surface area contributed by atoms with Crippen LogP contribution in [0.25, 0.3) is 10.9 Å². The van der Waals surface area contributed by atoms with E-state index < -0.39 is 37.0 Å². The van der Waals surface area contributed by atoms with Gasteiger partial charge in [-0.2, -0.15) is 13.2 Å². The van der Waals surface area contributed by atoms with E-state index in [-0.39, 0.29) is 24.3 Å². The minimum atomic E-state index is -4.50. The second-order valence-electron chi connectivity index (χ2n) is 10.5. The highest BCUT2D eigenvalue weighted by molar-refractivity contribution is 5.94. The van der Waals surface area contributed by atoms with Crippen molar-refractivity contribution in [3.05, 3.63) is 53.7 Å². The summed E-state index contributed by atoms with van der Waals surface area (Å²) >= 11 is 0. The van der Waals surface area contributed by atoms with E-state index in [0.29, 0.717) is 47.5 Å². The summed E-state index contributed by atoms with van der Waals surface area (Å²) in [6.07, 6.45) is -5.81. The Morgan fingerprint density at radius 1 is 1.26 bits per heavy atom. The van der Waals surface area contributed by atoms with E-state index in [1.165, 1.54) is 19.2 Å². The predicted molar refractivity (Wildman–Crippen MR) is 153 cm³/mol. The lowest BCUT2D eigenvalue weighted by Crippen LogP contribution is -2.49. The number of aromatic carboxylic acids is 1. The summed E-state index contributed by atoms with van der Waals surface area (Å²) in [5.41, 5.74) is 1.62. The van der Waals surface area contributed by atoms with Crippen molar-refractivity contribution in [2.75, 3.05) is 50.6 Å². The number of methoxy groups -OCH3 is 1. The Bertz CT molecular complexity index is 1480. The first-order valence-corrected chi connectivity index (χ1v) is 13.5. The van der Waals surface area contributed by atoms with E-state index in [1.54, 1.807) is 49.2 Å². The fourth-order valence-corrected chi connectivity index (χ4v) is 5.19. The molecular formula is C30H34F4N4O4. The number of rotatable bonds is 9. The summed E-state index contributed by atoms with van der Waals surface area (Å²) in [7, 11) is 3.12. The molecule has 42 heavy (non-hydrogen) atoms. The van der Waals surface area contributed by atoms with Gasteiger partial charge in [0.05, 0.1) is 48.3 Å². The van der Waals surface area contributed by atoms with Gasteiger partial charge in [0.1, 0.15) is 18.5 Å². The van der Waals surface area contributed by atoms with E-state index in [4.69, 9.17) is 4.74 Å². The molecule has 1 unspecified atom stereocenters. The van der Waals surface area contributed by atoms with E-state index in [2.05, 4.69) is 17.2 Å². The topological polar surface area (TPSA) is 90.2 Å². The highest BCUT2D eigenvalue weighted by Gasteiger charge is 2.32. The number of nitrogens with one attached hydrogen (secondary N) is 1. The molecule has 0 aliphatic carbocycles. The number of nitrogens with zero attached hydrogens (tertiary/aromatic N) is 3. The van der Waals surface area contributed by atoms with E-state index in [0.717, 1.165) is 4.57 Å². The normalized spacial score (nSPS) is 18.3. The lowest BCUT2D eigenvalue weighted by atomic mass is 10.0. The van der Waals surface area contributed by atoms with Gasteiger partial charge >= 0.3 is 12.1 Å². The van der Waals surface area contributed by atoms with Gasteiger partial charge in [0, 0.05) is 37.8 Å². The number of hydrogen-bond donors (Lipinski definition) is 3. The Balaban J connectivity index is 1.60. The average molecular weight is 591 g/mol. The molecular weight excluding hydrogens is 556 g/mol. The molecule has 2 aromatic carbocycles. The number of piperidine rings is 1. The number of hydrogen-bond acceptors (Lipinski definition) is 6. The maximum Gasteiger partial charge on any atom is 0.406 e. The van der Waals surface area contributed by atoms with Gasteiger partial charge in [-0.15, -0.1) is 0 Å². The number of halogens is 4. The highest BCUT2D eigenvalue weighted by atomic mass is 19.4. The van der Waals surface area contributed by atoms with Gasteiger partial charge in [0.25, 0.3) is 0 Å². The molecule has 3 aromatic rings. The molecule has 12 heteroatoms. The Morgan fingerprint density at radius 2 is 2.02 bits per heavy atom. The van der Waals surface area contributed by atoms with Crippen LogP contribution in [0.4, 0.5) is 28.9 Å². The van der Waals surface area contributed by atoms with E-state index in [1.807, 2.05) is 4.90 Å². The lowest BCUT2D eigenvalue weighted by molar-refractivity contribution is -0.140. The van der Waals surface area contributed by atoms with Crippen LogP contribution >= 0.6 is 0 Å². The smallest absolute Gasteiger partial charge is 0.406 e. The molecule has 0 saturated carbocycles. The fraction of sp³-hybridized carbons (Fsp3) is 0.433. The van der Waals surface area contributed by atoms with Crippen LogP contribution in [0.1, 0.15) is 29.4 Å². The first-order chi connectivity index (χ1) is 19.9. The predicted octanol–water partition coefficient (Wildman–Crippen LogP) is 4.60. The molecule has 4 rings (SSSR count). The Kier molecular flexibility index (Phi) is 9.53. The van der Waals surface area contributed by atoms with Crippen molar-refractivity contribution >= 4 is 28.2 Å². The molecule has 1 aromatic heterocycles. The molecule has 1 saturated heterocycles. The molecule has 2 heterocycles. The first-order valence-electron chi connectivity index (χ1n) is 13.5. The van der Waals surface area contributed by atoms with Crippen molar-refractivity contribution < 1.29 is 37.3 Å². The molecule has 1 aliphatic heterocycles. The van der Waals surface area contributed by atoms with Crippen molar-refractivity contribution in [2.45, 2.75) is 44.4 Å². The first kappa shape index (κ1) is 31.0. The van der Waals surface area contributed by atoms with Gasteiger partial charge in [-0.1, -0.05) is 12.0 Å². The lowest BCUT2D eigenvalue weighted by Gasteiger charge is -2.36. The molecule has 3 atom stereocenters. The van der Waals surface area contributed by atoms with Gasteiger partial charge in [-0.3, -0.25) is 4.90 Å². The summed E-state index contributed by atoms with van der Waals surface area (Å²) in [5.74, 6) is 5.00. The maximum absolute atomic E-state index is 15.0. The highest BCUT2D eigenvalue weighted by Crippen LogP contribution is 2.32. The summed E-state index contributed by atoms with van der Waals surface area (Å²) in [4.78, 5) is 14.8. The Labute approximate surface area is 241 Å². The number of ether oxygens (including phenoxy) is 1.